The van der Waals surface area contributed by atoms with Crippen LogP contribution in [0.15, 0.2) is 18.2 Å². The Bertz CT molecular complexity index is 613. The Morgan fingerprint density at radius 1 is 1.26 bits per heavy atom. The van der Waals surface area contributed by atoms with Gasteiger partial charge in [0.1, 0.15) is 12.1 Å². The summed E-state index contributed by atoms with van der Waals surface area (Å²) in [6.45, 7) is 5.82. The first-order valence-corrected chi connectivity index (χ1v) is 7.33. The number of hydrogen-bond acceptors (Lipinski definition) is 4. The molecule has 6 nitrogen and oxygen atoms in total. The fourth-order valence-electron chi connectivity index (χ4n) is 2.25. The van der Waals surface area contributed by atoms with Gasteiger partial charge in [0.2, 0.25) is 5.91 Å². The van der Waals surface area contributed by atoms with Crippen molar-refractivity contribution in [3.05, 3.63) is 24.0 Å². The molecule has 0 aliphatic carbocycles. The lowest BCUT2D eigenvalue weighted by molar-refractivity contribution is -0.121. The van der Waals surface area contributed by atoms with E-state index in [9.17, 15) is 14.0 Å². The lowest BCUT2D eigenvalue weighted by atomic mass is 10.2. The van der Waals surface area contributed by atoms with E-state index in [1.54, 1.807) is 26.8 Å². The fourth-order valence-corrected chi connectivity index (χ4v) is 2.25. The Hall–Kier alpha value is -2.31. The Labute approximate surface area is 134 Å². The summed E-state index contributed by atoms with van der Waals surface area (Å²) in [5.74, 6) is -0.701. The summed E-state index contributed by atoms with van der Waals surface area (Å²) in [5, 5.41) is 0. The van der Waals surface area contributed by atoms with Crippen molar-refractivity contribution >= 4 is 17.7 Å². The van der Waals surface area contributed by atoms with E-state index >= 15 is 0 Å². The number of piperazine rings is 1. The van der Waals surface area contributed by atoms with Crippen LogP contribution in [0.3, 0.4) is 0 Å². The second-order valence-electron chi connectivity index (χ2n) is 6.27. The molecule has 2 rings (SSSR count). The number of anilines is 1. The molecule has 1 fully saturated rings. The normalized spacial score (nSPS) is 15.6. The maximum Gasteiger partial charge on any atom is 0.410 e. The molecule has 7 heteroatoms. The van der Waals surface area contributed by atoms with Crippen LogP contribution < -0.4 is 9.64 Å². The maximum atomic E-state index is 13.8. The molecule has 0 atom stereocenters. The minimum Gasteiger partial charge on any atom is -0.494 e. The Morgan fingerprint density at radius 3 is 2.48 bits per heavy atom. The zero-order valence-electron chi connectivity index (χ0n) is 13.8. The lowest BCUT2D eigenvalue weighted by Crippen LogP contribution is -2.53. The van der Waals surface area contributed by atoms with E-state index in [4.69, 9.17) is 9.47 Å². The summed E-state index contributed by atoms with van der Waals surface area (Å²) in [7, 11) is 1.38. The SMILES string of the molecule is COc1ccc(N2CCN(C(=O)OC(C)(C)C)CC2=O)cc1F. The largest absolute Gasteiger partial charge is 0.494 e. The molecule has 1 saturated heterocycles. The number of halogens is 1. The van der Waals surface area contributed by atoms with Gasteiger partial charge in [-0.05, 0) is 32.9 Å². The average molecular weight is 324 g/mol. The van der Waals surface area contributed by atoms with Gasteiger partial charge in [-0.1, -0.05) is 0 Å². The van der Waals surface area contributed by atoms with E-state index in [1.807, 2.05) is 0 Å². The quantitative estimate of drug-likeness (QED) is 0.838. The van der Waals surface area contributed by atoms with E-state index in [-0.39, 0.29) is 24.7 Å². The number of hydrogen-bond donors (Lipinski definition) is 0. The zero-order valence-corrected chi connectivity index (χ0v) is 13.8. The highest BCUT2D eigenvalue weighted by molar-refractivity contribution is 5.97. The molecule has 0 radical (unpaired) electrons. The lowest BCUT2D eigenvalue weighted by Gasteiger charge is -2.35. The van der Waals surface area contributed by atoms with Gasteiger partial charge >= 0.3 is 6.09 Å². The van der Waals surface area contributed by atoms with E-state index in [2.05, 4.69) is 0 Å². The average Bonchev–Trinajstić information content (AvgIpc) is 2.45. The molecule has 1 aromatic rings. The highest BCUT2D eigenvalue weighted by atomic mass is 19.1. The van der Waals surface area contributed by atoms with Crippen LogP contribution in [0.25, 0.3) is 0 Å². The van der Waals surface area contributed by atoms with Crippen molar-refractivity contribution in [1.82, 2.24) is 4.90 Å². The second-order valence-corrected chi connectivity index (χ2v) is 6.27. The van der Waals surface area contributed by atoms with Crippen molar-refractivity contribution in [2.75, 3.05) is 31.6 Å². The van der Waals surface area contributed by atoms with Gasteiger partial charge in [0.25, 0.3) is 0 Å². The summed E-state index contributed by atoms with van der Waals surface area (Å²) in [5.41, 5.74) is -0.173. The van der Waals surface area contributed by atoms with Crippen molar-refractivity contribution in [2.24, 2.45) is 0 Å². The Morgan fingerprint density at radius 2 is 1.96 bits per heavy atom. The van der Waals surface area contributed by atoms with Crippen molar-refractivity contribution in [3.63, 3.8) is 0 Å². The Balaban J connectivity index is 2.06. The predicted octanol–water partition coefficient (Wildman–Crippen LogP) is 2.42. The fraction of sp³-hybridized carbons (Fsp3) is 0.500. The highest BCUT2D eigenvalue weighted by Crippen LogP contribution is 2.25. The molecular formula is C16H21FN2O4. The van der Waals surface area contributed by atoms with Gasteiger partial charge in [0.15, 0.2) is 11.6 Å². The van der Waals surface area contributed by atoms with Crippen LogP contribution in [-0.4, -0.2) is 49.2 Å². The molecule has 1 aromatic carbocycles. The first-order valence-electron chi connectivity index (χ1n) is 7.33. The van der Waals surface area contributed by atoms with Gasteiger partial charge in [-0.3, -0.25) is 9.69 Å². The standard InChI is InChI=1S/C16H21FN2O4/c1-16(2,3)23-15(21)18-7-8-19(14(20)10-18)11-5-6-13(22-4)12(17)9-11/h5-6,9H,7-8,10H2,1-4H3. The van der Waals surface area contributed by atoms with Gasteiger partial charge in [0.05, 0.1) is 7.11 Å². The molecule has 1 aliphatic rings. The third-order valence-corrected chi connectivity index (χ3v) is 3.32. The molecule has 0 spiro atoms. The summed E-state index contributed by atoms with van der Waals surface area (Å²) in [6.07, 6.45) is -0.522. The topological polar surface area (TPSA) is 59.1 Å². The minimum atomic E-state index is -0.615. The van der Waals surface area contributed by atoms with Crippen LogP contribution in [0.5, 0.6) is 5.75 Å². The number of ether oxygens (including phenoxy) is 2. The number of carbonyl (C=O) groups excluding carboxylic acids is 2. The molecule has 0 saturated carbocycles. The summed E-state index contributed by atoms with van der Waals surface area (Å²) < 4.78 is 23.9. The number of amides is 2. The number of methoxy groups -OCH3 is 1. The van der Waals surface area contributed by atoms with Crippen LogP contribution in [0.4, 0.5) is 14.9 Å². The minimum absolute atomic E-state index is 0.0947. The predicted molar refractivity (Wildman–Crippen MR) is 83.1 cm³/mol. The van der Waals surface area contributed by atoms with Gasteiger partial charge in [0, 0.05) is 24.8 Å². The van der Waals surface area contributed by atoms with E-state index in [0.29, 0.717) is 12.2 Å². The number of benzene rings is 1. The summed E-state index contributed by atoms with van der Waals surface area (Å²) in [6, 6.07) is 4.33. The third kappa shape index (κ3) is 4.12. The molecule has 2 amide bonds. The number of rotatable bonds is 2. The van der Waals surface area contributed by atoms with E-state index < -0.39 is 17.5 Å². The molecule has 0 N–H and O–H groups in total. The van der Waals surface area contributed by atoms with Crippen LogP contribution >= 0.6 is 0 Å². The van der Waals surface area contributed by atoms with Crippen LogP contribution in [0.2, 0.25) is 0 Å². The van der Waals surface area contributed by atoms with Crippen LogP contribution in [-0.2, 0) is 9.53 Å². The van der Waals surface area contributed by atoms with Gasteiger partial charge < -0.3 is 14.4 Å². The first kappa shape index (κ1) is 17.1. The van der Waals surface area contributed by atoms with E-state index in [0.717, 1.165) is 0 Å². The maximum absolute atomic E-state index is 13.8. The van der Waals surface area contributed by atoms with Gasteiger partial charge in [-0.25, -0.2) is 9.18 Å². The van der Waals surface area contributed by atoms with Crippen LogP contribution in [0.1, 0.15) is 20.8 Å². The molecular weight excluding hydrogens is 303 g/mol. The molecule has 23 heavy (non-hydrogen) atoms. The van der Waals surface area contributed by atoms with Crippen molar-refractivity contribution in [2.45, 2.75) is 26.4 Å². The monoisotopic (exact) mass is 324 g/mol. The van der Waals surface area contributed by atoms with E-state index in [1.165, 1.54) is 29.0 Å². The second kappa shape index (κ2) is 6.44. The molecule has 0 aromatic heterocycles. The molecule has 0 bridgehead atoms. The van der Waals surface area contributed by atoms with Crippen LogP contribution in [0, 0.1) is 5.82 Å². The summed E-state index contributed by atoms with van der Waals surface area (Å²) >= 11 is 0. The molecule has 1 heterocycles. The summed E-state index contributed by atoms with van der Waals surface area (Å²) in [4.78, 5) is 27.1. The smallest absolute Gasteiger partial charge is 0.410 e. The Kier molecular flexibility index (Phi) is 4.77. The van der Waals surface area contributed by atoms with Gasteiger partial charge in [-0.2, -0.15) is 0 Å². The molecule has 126 valence electrons. The number of carbonyl (C=O) groups is 2. The zero-order chi connectivity index (χ0) is 17.2. The highest BCUT2D eigenvalue weighted by Gasteiger charge is 2.31. The van der Waals surface area contributed by atoms with Crippen molar-refractivity contribution in [3.8, 4) is 5.75 Å². The van der Waals surface area contributed by atoms with Crippen molar-refractivity contribution in [1.29, 1.82) is 0 Å². The van der Waals surface area contributed by atoms with Gasteiger partial charge in [-0.15, -0.1) is 0 Å². The first-order chi connectivity index (χ1) is 10.7. The molecule has 0 unspecified atom stereocenters. The third-order valence-electron chi connectivity index (χ3n) is 3.32. The molecule has 1 aliphatic heterocycles. The van der Waals surface area contributed by atoms with Crippen molar-refractivity contribution < 1.29 is 23.5 Å². The number of nitrogens with zero attached hydrogens (tertiary/aromatic N) is 2.